The number of sulfonamides is 1. The second kappa shape index (κ2) is 8.10. The number of likely N-dealkylation sites (tertiary alicyclic amines) is 1. The van der Waals surface area contributed by atoms with Crippen LogP contribution < -0.4 is 0 Å². The number of rotatable bonds is 4. The largest absolute Gasteiger partial charge is 0.445 e. The molecule has 0 unspecified atom stereocenters. The molecule has 2 saturated heterocycles. The summed E-state index contributed by atoms with van der Waals surface area (Å²) in [5.41, 5.74) is -0.00701. The van der Waals surface area contributed by atoms with E-state index in [0.717, 1.165) is 5.56 Å². The summed E-state index contributed by atoms with van der Waals surface area (Å²) in [6, 6.07) is 12.6. The highest BCUT2D eigenvalue weighted by Crippen LogP contribution is 2.38. The van der Waals surface area contributed by atoms with Crippen molar-refractivity contribution in [2.24, 2.45) is 0 Å². The van der Waals surface area contributed by atoms with Gasteiger partial charge in [0.25, 0.3) is 0 Å². The van der Waals surface area contributed by atoms with Crippen molar-refractivity contribution in [3.05, 3.63) is 60.4 Å². The molecule has 4 rings (SSSR count). The van der Waals surface area contributed by atoms with E-state index in [1.807, 2.05) is 30.3 Å². The van der Waals surface area contributed by atoms with Crippen molar-refractivity contribution in [1.29, 1.82) is 0 Å². The molecule has 0 atom stereocenters. The third kappa shape index (κ3) is 3.98. The third-order valence-corrected chi connectivity index (χ3v) is 7.28. The fourth-order valence-corrected chi connectivity index (χ4v) is 5.49. The van der Waals surface area contributed by atoms with Crippen LogP contribution in [0.1, 0.15) is 18.4 Å². The second-order valence-electron chi connectivity index (χ2n) is 7.09. The van der Waals surface area contributed by atoms with Crippen LogP contribution in [0.25, 0.3) is 0 Å². The zero-order chi connectivity index (χ0) is 20.3. The molecule has 2 fully saturated rings. The van der Waals surface area contributed by atoms with Gasteiger partial charge in [0.05, 0.1) is 6.61 Å². The lowest BCUT2D eigenvalue weighted by molar-refractivity contribution is -0.0880. The summed E-state index contributed by atoms with van der Waals surface area (Å²) in [4.78, 5) is 18.1. The second-order valence-corrected chi connectivity index (χ2v) is 8.95. The lowest BCUT2D eigenvalue weighted by atomic mass is 10.0. The summed E-state index contributed by atoms with van der Waals surface area (Å²) in [5.74, 6) is 0. The van der Waals surface area contributed by atoms with E-state index in [-0.39, 0.29) is 18.0 Å². The van der Waals surface area contributed by atoms with Crippen LogP contribution in [0.15, 0.2) is 59.8 Å². The van der Waals surface area contributed by atoms with Gasteiger partial charge < -0.3 is 14.4 Å². The minimum Gasteiger partial charge on any atom is -0.445 e. The fraction of sp³-hybridized carbons (Fsp3) is 0.400. The quantitative estimate of drug-likeness (QED) is 0.758. The van der Waals surface area contributed by atoms with Crippen LogP contribution in [0, 0.1) is 0 Å². The van der Waals surface area contributed by atoms with E-state index in [1.54, 1.807) is 11.0 Å². The molecule has 0 radical (unpaired) electrons. The predicted molar refractivity (Wildman–Crippen MR) is 104 cm³/mol. The number of carbonyl (C=O) groups excluding carboxylic acids is 1. The molecule has 154 valence electrons. The first-order valence-electron chi connectivity index (χ1n) is 9.54. The van der Waals surface area contributed by atoms with Gasteiger partial charge in [-0.2, -0.15) is 4.31 Å². The Hall–Kier alpha value is -2.49. The zero-order valence-electron chi connectivity index (χ0n) is 15.9. The van der Waals surface area contributed by atoms with E-state index in [0.29, 0.717) is 32.5 Å². The summed E-state index contributed by atoms with van der Waals surface area (Å²) in [7, 11) is -3.72. The van der Waals surface area contributed by atoms with Crippen molar-refractivity contribution in [2.75, 3.05) is 26.2 Å². The van der Waals surface area contributed by atoms with Crippen molar-refractivity contribution in [1.82, 2.24) is 14.2 Å². The molecule has 0 N–H and O–H groups in total. The number of pyridine rings is 1. The number of benzene rings is 1. The first-order chi connectivity index (χ1) is 14.0. The Morgan fingerprint density at radius 1 is 1.10 bits per heavy atom. The van der Waals surface area contributed by atoms with Crippen LogP contribution in [0.5, 0.6) is 0 Å². The standard InChI is InChI=1S/C20H23N3O5S/c24-19(27-16-17-5-2-1-3-6-17)22-11-8-20(9-12-22)23(13-14-28-20)29(25,26)18-7-4-10-21-15-18/h1-7,10,15H,8-9,11-14,16H2. The molecule has 3 heterocycles. The maximum absolute atomic E-state index is 13.1. The average Bonchev–Trinajstić information content (AvgIpc) is 3.18. The zero-order valence-corrected chi connectivity index (χ0v) is 16.8. The van der Waals surface area contributed by atoms with Gasteiger partial charge in [-0.1, -0.05) is 30.3 Å². The van der Waals surface area contributed by atoms with Crippen LogP contribution in [0.3, 0.4) is 0 Å². The average molecular weight is 417 g/mol. The molecule has 8 nitrogen and oxygen atoms in total. The van der Waals surface area contributed by atoms with Crippen molar-refractivity contribution in [3.8, 4) is 0 Å². The molecule has 0 aliphatic carbocycles. The highest BCUT2D eigenvalue weighted by Gasteiger charge is 2.51. The summed E-state index contributed by atoms with van der Waals surface area (Å²) >= 11 is 0. The molecule has 1 aromatic heterocycles. The van der Waals surface area contributed by atoms with E-state index in [1.165, 1.54) is 22.8 Å². The van der Waals surface area contributed by atoms with Gasteiger partial charge in [0, 0.05) is 44.9 Å². The first-order valence-corrected chi connectivity index (χ1v) is 11.0. The van der Waals surface area contributed by atoms with Gasteiger partial charge in [-0.25, -0.2) is 13.2 Å². The minimum atomic E-state index is -3.72. The molecule has 1 aromatic carbocycles. The smallest absolute Gasteiger partial charge is 0.410 e. The Morgan fingerprint density at radius 3 is 2.55 bits per heavy atom. The number of ether oxygens (including phenoxy) is 2. The van der Waals surface area contributed by atoms with Crippen molar-refractivity contribution in [3.63, 3.8) is 0 Å². The van der Waals surface area contributed by atoms with E-state index in [9.17, 15) is 13.2 Å². The normalized spacial score (nSPS) is 19.4. The Bertz CT molecular complexity index is 945. The van der Waals surface area contributed by atoms with Crippen LogP contribution in [0.2, 0.25) is 0 Å². The van der Waals surface area contributed by atoms with E-state index < -0.39 is 21.8 Å². The molecular weight excluding hydrogens is 394 g/mol. The Balaban J connectivity index is 1.40. The Kier molecular flexibility index (Phi) is 5.53. The molecule has 2 aliphatic heterocycles. The summed E-state index contributed by atoms with van der Waals surface area (Å²) in [5, 5.41) is 0. The molecule has 0 bridgehead atoms. The molecule has 2 aliphatic rings. The minimum absolute atomic E-state index is 0.148. The number of aromatic nitrogens is 1. The lowest BCUT2D eigenvalue weighted by Crippen LogP contribution is -2.55. The number of carbonyl (C=O) groups is 1. The van der Waals surface area contributed by atoms with Gasteiger partial charge in [0.2, 0.25) is 10.0 Å². The predicted octanol–water partition coefficient (Wildman–Crippen LogP) is 2.23. The monoisotopic (exact) mass is 417 g/mol. The van der Waals surface area contributed by atoms with Gasteiger partial charge >= 0.3 is 6.09 Å². The summed E-state index contributed by atoms with van der Waals surface area (Å²) < 4.78 is 38.9. The number of nitrogens with zero attached hydrogens (tertiary/aromatic N) is 3. The fourth-order valence-electron chi connectivity index (χ4n) is 3.80. The molecule has 9 heteroatoms. The molecule has 1 amide bonds. The Morgan fingerprint density at radius 2 is 1.86 bits per heavy atom. The number of piperidine rings is 1. The SMILES string of the molecule is O=C(OCc1ccccc1)N1CCC2(CC1)OCCN2S(=O)(=O)c1cccnc1. The lowest BCUT2D eigenvalue weighted by Gasteiger charge is -2.42. The van der Waals surface area contributed by atoms with Crippen LogP contribution in [-0.2, 0) is 26.1 Å². The van der Waals surface area contributed by atoms with Gasteiger partial charge in [-0.3, -0.25) is 4.98 Å². The highest BCUT2D eigenvalue weighted by atomic mass is 32.2. The van der Waals surface area contributed by atoms with Crippen molar-refractivity contribution >= 4 is 16.1 Å². The van der Waals surface area contributed by atoms with Crippen LogP contribution >= 0.6 is 0 Å². The summed E-state index contributed by atoms with van der Waals surface area (Å²) in [6.07, 6.45) is 3.27. The molecule has 2 aromatic rings. The third-order valence-electron chi connectivity index (χ3n) is 5.35. The molecule has 0 saturated carbocycles. The Labute approximate surface area is 170 Å². The summed E-state index contributed by atoms with van der Waals surface area (Å²) in [6.45, 7) is 1.56. The highest BCUT2D eigenvalue weighted by molar-refractivity contribution is 7.89. The van der Waals surface area contributed by atoms with Gasteiger partial charge in [-0.15, -0.1) is 0 Å². The van der Waals surface area contributed by atoms with Gasteiger partial charge in [-0.05, 0) is 17.7 Å². The van der Waals surface area contributed by atoms with E-state index in [4.69, 9.17) is 9.47 Å². The topological polar surface area (TPSA) is 89.0 Å². The number of hydrogen-bond donors (Lipinski definition) is 0. The maximum Gasteiger partial charge on any atom is 0.410 e. The molecular formula is C20H23N3O5S. The van der Waals surface area contributed by atoms with Gasteiger partial charge in [0.1, 0.15) is 17.2 Å². The van der Waals surface area contributed by atoms with E-state index >= 15 is 0 Å². The number of amides is 1. The van der Waals surface area contributed by atoms with Crippen LogP contribution in [0.4, 0.5) is 4.79 Å². The van der Waals surface area contributed by atoms with Gasteiger partial charge in [0.15, 0.2) is 0 Å². The first kappa shape index (κ1) is 19.8. The number of hydrogen-bond acceptors (Lipinski definition) is 6. The van der Waals surface area contributed by atoms with Crippen molar-refractivity contribution in [2.45, 2.75) is 30.1 Å². The van der Waals surface area contributed by atoms with Crippen molar-refractivity contribution < 1.29 is 22.7 Å². The molecule has 1 spiro atoms. The van der Waals surface area contributed by atoms with Crippen LogP contribution in [-0.4, -0.2) is 60.7 Å². The molecule has 29 heavy (non-hydrogen) atoms. The van der Waals surface area contributed by atoms with E-state index in [2.05, 4.69) is 4.98 Å². The maximum atomic E-state index is 13.1.